The Bertz CT molecular complexity index is 1770. The number of nitrogens with zero attached hydrogens (tertiary/aromatic N) is 2. The summed E-state index contributed by atoms with van der Waals surface area (Å²) in [5.41, 5.74) is -1.55. The van der Waals surface area contributed by atoms with Crippen molar-refractivity contribution in [2.75, 3.05) is 11.4 Å². The summed E-state index contributed by atoms with van der Waals surface area (Å²) in [6.07, 6.45) is -9.66. The third-order valence-corrected chi connectivity index (χ3v) is 8.53. The smallest absolute Gasteiger partial charge is 0.392 e. The lowest BCUT2D eigenvalue weighted by molar-refractivity contribution is -0.139. The van der Waals surface area contributed by atoms with Gasteiger partial charge in [0, 0.05) is 17.8 Å². The van der Waals surface area contributed by atoms with Gasteiger partial charge in [-0.1, -0.05) is 78.9 Å². The summed E-state index contributed by atoms with van der Waals surface area (Å²) in [7, 11) is 0. The predicted molar refractivity (Wildman–Crippen MR) is 153 cm³/mol. The number of hydrogen-bond acceptors (Lipinski definition) is 3. The fourth-order valence-electron chi connectivity index (χ4n) is 6.71. The molecule has 1 spiro atoms. The van der Waals surface area contributed by atoms with E-state index in [9.17, 15) is 41.0 Å². The van der Waals surface area contributed by atoms with Crippen LogP contribution in [0, 0.1) is 0 Å². The van der Waals surface area contributed by atoms with Gasteiger partial charge in [-0.3, -0.25) is 9.59 Å². The highest BCUT2D eigenvalue weighted by Gasteiger charge is 2.60. The largest absolute Gasteiger partial charge is 0.416 e. The van der Waals surface area contributed by atoms with Gasteiger partial charge in [-0.2, -0.15) is 26.3 Å². The lowest BCUT2D eigenvalue weighted by Crippen LogP contribution is -2.63. The Labute approximate surface area is 254 Å². The highest BCUT2D eigenvalue weighted by atomic mass is 19.4. The minimum Gasteiger partial charge on any atom is -0.392 e. The summed E-state index contributed by atoms with van der Waals surface area (Å²) in [6.45, 7) is -2.51. The number of fused-ring (bicyclic) bond motifs is 3. The topological polar surface area (TPSA) is 60.9 Å². The summed E-state index contributed by atoms with van der Waals surface area (Å²) < 4.78 is 84.6. The maximum atomic E-state index is 14.8. The summed E-state index contributed by atoms with van der Waals surface area (Å²) >= 11 is 0. The van der Waals surface area contributed by atoms with Crippen LogP contribution < -0.4 is 4.90 Å². The standard InChI is InChI=1S/C34H26F6N2O3/c35-33(36,37)20-42-28-12-6-2-7-23(28)17-32(31(42)45)27-11-5-3-9-25(27)30(44)41(29(32)22-15-13-21(19-43)14-16-22)18-24-8-1-4-10-26(24)34(38,39)40/h1-16,29,43H,17-20H2/t29-,32-/m0/s1. The Morgan fingerprint density at radius 1 is 0.800 bits per heavy atom. The number of amides is 2. The first-order valence-corrected chi connectivity index (χ1v) is 14.1. The van der Waals surface area contributed by atoms with Crippen molar-refractivity contribution in [1.29, 1.82) is 0 Å². The second-order valence-corrected chi connectivity index (χ2v) is 11.2. The molecule has 0 unspecified atom stereocenters. The van der Waals surface area contributed by atoms with E-state index in [-0.39, 0.29) is 35.4 Å². The number of anilines is 1. The van der Waals surface area contributed by atoms with Crippen molar-refractivity contribution >= 4 is 17.5 Å². The normalized spacial score (nSPS) is 19.9. The van der Waals surface area contributed by atoms with Crippen molar-refractivity contribution in [3.8, 4) is 0 Å². The zero-order chi connectivity index (χ0) is 32.1. The molecule has 2 atom stereocenters. The van der Waals surface area contributed by atoms with E-state index in [2.05, 4.69) is 0 Å². The van der Waals surface area contributed by atoms with E-state index in [0.717, 1.165) is 6.07 Å². The van der Waals surface area contributed by atoms with Crippen LogP contribution in [0.25, 0.3) is 0 Å². The van der Waals surface area contributed by atoms with E-state index < -0.39 is 54.3 Å². The van der Waals surface area contributed by atoms with Crippen LogP contribution in [-0.2, 0) is 36.0 Å². The molecule has 4 aromatic carbocycles. The van der Waals surface area contributed by atoms with E-state index in [4.69, 9.17) is 0 Å². The number of halogens is 6. The van der Waals surface area contributed by atoms with E-state index in [0.29, 0.717) is 21.6 Å². The van der Waals surface area contributed by atoms with Crippen molar-refractivity contribution in [3.05, 3.63) is 136 Å². The van der Waals surface area contributed by atoms with Gasteiger partial charge in [0.25, 0.3) is 5.91 Å². The molecule has 6 rings (SSSR count). The summed E-state index contributed by atoms with van der Waals surface area (Å²) in [4.78, 5) is 30.9. The first kappa shape index (κ1) is 30.4. The molecule has 0 saturated heterocycles. The SMILES string of the molecule is O=C1c2ccccc2[C@@]2(Cc3ccccc3N(CC(F)(F)F)C2=O)[C@H](c2ccc(CO)cc2)N1Cc1ccccc1C(F)(F)F. The Morgan fingerprint density at radius 3 is 2.13 bits per heavy atom. The van der Waals surface area contributed by atoms with Gasteiger partial charge in [0.1, 0.15) is 12.0 Å². The molecule has 0 aromatic heterocycles. The number of alkyl halides is 6. The quantitative estimate of drug-likeness (QED) is 0.244. The third kappa shape index (κ3) is 5.24. The van der Waals surface area contributed by atoms with Gasteiger partial charge in [0.15, 0.2) is 0 Å². The van der Waals surface area contributed by atoms with E-state index in [1.807, 2.05) is 0 Å². The van der Waals surface area contributed by atoms with Gasteiger partial charge in [0.2, 0.25) is 5.91 Å². The number of rotatable bonds is 5. The highest BCUT2D eigenvalue weighted by molar-refractivity contribution is 6.10. The van der Waals surface area contributed by atoms with Gasteiger partial charge in [-0.15, -0.1) is 0 Å². The molecule has 2 aliphatic rings. The van der Waals surface area contributed by atoms with Crippen LogP contribution in [0.2, 0.25) is 0 Å². The number of carbonyl (C=O) groups is 2. The van der Waals surface area contributed by atoms with Crippen LogP contribution in [0.15, 0.2) is 97.1 Å². The number of aliphatic hydroxyl groups is 1. The van der Waals surface area contributed by atoms with Crippen LogP contribution in [0.4, 0.5) is 32.0 Å². The predicted octanol–water partition coefficient (Wildman–Crippen LogP) is 6.98. The number of carbonyl (C=O) groups excluding carboxylic acids is 2. The third-order valence-electron chi connectivity index (χ3n) is 8.53. The number of aliphatic hydroxyl groups excluding tert-OH is 1. The maximum Gasteiger partial charge on any atom is 0.416 e. The minimum atomic E-state index is -4.78. The molecule has 0 saturated carbocycles. The second-order valence-electron chi connectivity index (χ2n) is 11.2. The van der Waals surface area contributed by atoms with Crippen LogP contribution in [-0.4, -0.2) is 34.5 Å². The Hall–Kier alpha value is -4.64. The molecule has 1 N–H and O–H groups in total. The minimum absolute atomic E-state index is 0.0184. The van der Waals surface area contributed by atoms with Gasteiger partial charge < -0.3 is 14.9 Å². The average molecular weight is 625 g/mol. The molecule has 11 heteroatoms. The molecule has 232 valence electrons. The van der Waals surface area contributed by atoms with Gasteiger partial charge >= 0.3 is 12.4 Å². The van der Waals surface area contributed by atoms with Crippen LogP contribution in [0.3, 0.4) is 0 Å². The van der Waals surface area contributed by atoms with Crippen LogP contribution in [0.1, 0.15) is 49.8 Å². The fourth-order valence-corrected chi connectivity index (χ4v) is 6.71. The van der Waals surface area contributed by atoms with Crippen LogP contribution >= 0.6 is 0 Å². The first-order valence-electron chi connectivity index (χ1n) is 14.1. The Morgan fingerprint density at radius 2 is 1.44 bits per heavy atom. The molecule has 0 aliphatic carbocycles. The van der Waals surface area contributed by atoms with Gasteiger partial charge in [-0.05, 0) is 52.4 Å². The summed E-state index contributed by atoms with van der Waals surface area (Å²) in [5.74, 6) is -1.60. The molecular formula is C34H26F6N2O3. The molecule has 4 aromatic rings. The first-order chi connectivity index (χ1) is 21.3. The Balaban J connectivity index is 1.65. The maximum absolute atomic E-state index is 14.8. The van der Waals surface area contributed by atoms with E-state index in [1.54, 1.807) is 42.5 Å². The fraction of sp³-hybridized carbons (Fsp3) is 0.235. The molecule has 2 aliphatic heterocycles. The molecule has 0 radical (unpaired) electrons. The van der Waals surface area contributed by atoms with Crippen molar-refractivity contribution in [2.24, 2.45) is 0 Å². The number of para-hydroxylation sites is 1. The van der Waals surface area contributed by atoms with Crippen molar-refractivity contribution in [3.63, 3.8) is 0 Å². The highest BCUT2D eigenvalue weighted by Crippen LogP contribution is 2.54. The molecule has 0 bridgehead atoms. The lowest BCUT2D eigenvalue weighted by Gasteiger charge is -2.53. The van der Waals surface area contributed by atoms with E-state index in [1.165, 1.54) is 53.4 Å². The summed E-state index contributed by atoms with van der Waals surface area (Å²) in [5, 5.41) is 9.66. The molecule has 0 fully saturated rings. The zero-order valence-corrected chi connectivity index (χ0v) is 23.6. The van der Waals surface area contributed by atoms with E-state index >= 15 is 0 Å². The summed E-state index contributed by atoms with van der Waals surface area (Å²) in [6, 6.07) is 21.9. The van der Waals surface area contributed by atoms with Gasteiger partial charge in [-0.25, -0.2) is 0 Å². The molecule has 5 nitrogen and oxygen atoms in total. The monoisotopic (exact) mass is 624 g/mol. The molecule has 45 heavy (non-hydrogen) atoms. The molecule has 2 heterocycles. The van der Waals surface area contributed by atoms with Crippen molar-refractivity contribution < 1.29 is 41.0 Å². The van der Waals surface area contributed by atoms with Crippen molar-refractivity contribution in [2.45, 2.75) is 43.4 Å². The lowest BCUT2D eigenvalue weighted by atomic mass is 9.61. The Kier molecular flexibility index (Phi) is 7.47. The average Bonchev–Trinajstić information content (AvgIpc) is 3.01. The molecular weight excluding hydrogens is 598 g/mol. The zero-order valence-electron chi connectivity index (χ0n) is 23.6. The van der Waals surface area contributed by atoms with Gasteiger partial charge in [0.05, 0.1) is 18.2 Å². The molecule has 2 amide bonds. The van der Waals surface area contributed by atoms with Crippen molar-refractivity contribution in [1.82, 2.24) is 4.90 Å². The number of hydrogen-bond donors (Lipinski definition) is 1. The van der Waals surface area contributed by atoms with Crippen LogP contribution in [0.5, 0.6) is 0 Å². The second kappa shape index (κ2) is 11.1. The number of benzene rings is 4.